The zero-order valence-corrected chi connectivity index (χ0v) is 12.5. The summed E-state index contributed by atoms with van der Waals surface area (Å²) in [6, 6.07) is 11.3. The minimum Gasteiger partial charge on any atom is -0.377 e. The van der Waals surface area contributed by atoms with Crippen molar-refractivity contribution in [3.8, 4) is 0 Å². The standard InChI is InChI=1S/C17H21FN2O/c1-3-15(17-10-9-14(18)11-19-17)20-16-8-6-5-7-13(16)12-21-4-2/h5-11,15,20H,3-4,12H2,1-2H3. The summed E-state index contributed by atoms with van der Waals surface area (Å²) in [5.74, 6) is -0.314. The summed E-state index contributed by atoms with van der Waals surface area (Å²) in [4.78, 5) is 4.17. The number of rotatable bonds is 7. The normalized spacial score (nSPS) is 12.1. The molecule has 0 radical (unpaired) electrons. The minimum absolute atomic E-state index is 0.0494. The van der Waals surface area contributed by atoms with E-state index in [0.717, 1.165) is 23.4 Å². The maximum atomic E-state index is 13.0. The highest BCUT2D eigenvalue weighted by atomic mass is 19.1. The number of nitrogens with one attached hydrogen (secondary N) is 1. The van der Waals surface area contributed by atoms with Crippen LogP contribution in [0.5, 0.6) is 0 Å². The molecule has 0 aliphatic rings. The number of hydrogen-bond donors (Lipinski definition) is 1. The highest BCUT2D eigenvalue weighted by molar-refractivity contribution is 5.52. The molecule has 1 N–H and O–H groups in total. The third kappa shape index (κ3) is 4.26. The molecule has 0 amide bonds. The van der Waals surface area contributed by atoms with E-state index in [4.69, 9.17) is 4.74 Å². The van der Waals surface area contributed by atoms with Gasteiger partial charge < -0.3 is 10.1 Å². The third-order valence-electron chi connectivity index (χ3n) is 3.32. The van der Waals surface area contributed by atoms with Gasteiger partial charge in [0, 0.05) is 17.9 Å². The summed E-state index contributed by atoms with van der Waals surface area (Å²) in [5, 5.41) is 3.48. The van der Waals surface area contributed by atoms with Gasteiger partial charge in [-0.2, -0.15) is 0 Å². The summed E-state index contributed by atoms with van der Waals surface area (Å²) in [6.07, 6.45) is 2.12. The van der Waals surface area contributed by atoms with E-state index in [9.17, 15) is 4.39 Å². The van der Waals surface area contributed by atoms with Gasteiger partial charge in [-0.15, -0.1) is 0 Å². The lowest BCUT2D eigenvalue weighted by Crippen LogP contribution is -2.13. The van der Waals surface area contributed by atoms with Crippen LogP contribution in [0.15, 0.2) is 42.6 Å². The van der Waals surface area contributed by atoms with E-state index in [-0.39, 0.29) is 11.9 Å². The van der Waals surface area contributed by atoms with Gasteiger partial charge in [-0.25, -0.2) is 4.39 Å². The molecule has 0 fully saturated rings. The van der Waals surface area contributed by atoms with Crippen molar-refractivity contribution in [1.29, 1.82) is 0 Å². The average Bonchev–Trinajstić information content (AvgIpc) is 2.52. The van der Waals surface area contributed by atoms with Crippen molar-refractivity contribution in [2.24, 2.45) is 0 Å². The van der Waals surface area contributed by atoms with Gasteiger partial charge in [-0.1, -0.05) is 25.1 Å². The maximum Gasteiger partial charge on any atom is 0.141 e. The van der Waals surface area contributed by atoms with Crippen LogP contribution in [0.25, 0.3) is 0 Å². The topological polar surface area (TPSA) is 34.1 Å². The molecule has 4 heteroatoms. The number of hydrogen-bond acceptors (Lipinski definition) is 3. The van der Waals surface area contributed by atoms with Crippen LogP contribution >= 0.6 is 0 Å². The summed E-state index contributed by atoms with van der Waals surface area (Å²) in [5.41, 5.74) is 2.98. The molecule has 2 aromatic rings. The number of ether oxygens (including phenoxy) is 1. The Morgan fingerprint density at radius 2 is 2.00 bits per heavy atom. The molecular weight excluding hydrogens is 267 g/mol. The first-order valence-electron chi connectivity index (χ1n) is 7.28. The fraction of sp³-hybridized carbons (Fsp3) is 0.353. The first-order valence-corrected chi connectivity index (χ1v) is 7.28. The number of para-hydroxylation sites is 1. The molecule has 1 atom stereocenters. The van der Waals surface area contributed by atoms with Crippen LogP contribution in [0.3, 0.4) is 0 Å². The lowest BCUT2D eigenvalue weighted by Gasteiger charge is -2.20. The molecule has 0 saturated heterocycles. The number of benzene rings is 1. The molecule has 0 aliphatic heterocycles. The van der Waals surface area contributed by atoms with Gasteiger partial charge in [0.25, 0.3) is 0 Å². The van der Waals surface area contributed by atoms with E-state index in [2.05, 4.69) is 17.2 Å². The Morgan fingerprint density at radius 3 is 2.67 bits per heavy atom. The Balaban J connectivity index is 2.16. The van der Waals surface area contributed by atoms with E-state index in [1.54, 1.807) is 6.07 Å². The number of pyridine rings is 1. The van der Waals surface area contributed by atoms with E-state index in [0.29, 0.717) is 13.2 Å². The SMILES string of the molecule is CCOCc1ccccc1NC(CC)c1ccc(F)cn1. The fourth-order valence-electron chi connectivity index (χ4n) is 2.17. The quantitative estimate of drug-likeness (QED) is 0.824. The zero-order valence-electron chi connectivity index (χ0n) is 12.5. The highest BCUT2D eigenvalue weighted by Crippen LogP contribution is 2.24. The molecule has 0 saturated carbocycles. The number of anilines is 1. The molecule has 1 aromatic carbocycles. The third-order valence-corrected chi connectivity index (χ3v) is 3.32. The molecule has 0 aliphatic carbocycles. The number of nitrogens with zero attached hydrogens (tertiary/aromatic N) is 1. The first kappa shape index (κ1) is 15.4. The molecular formula is C17H21FN2O. The van der Waals surface area contributed by atoms with Gasteiger partial charge in [0.2, 0.25) is 0 Å². The molecule has 21 heavy (non-hydrogen) atoms. The second-order valence-corrected chi connectivity index (χ2v) is 4.80. The largest absolute Gasteiger partial charge is 0.377 e. The first-order chi connectivity index (χ1) is 10.2. The van der Waals surface area contributed by atoms with Crippen molar-refractivity contribution in [3.05, 3.63) is 59.7 Å². The number of halogens is 1. The van der Waals surface area contributed by atoms with E-state index < -0.39 is 0 Å². The predicted octanol–water partition coefficient (Wildman–Crippen LogP) is 4.32. The van der Waals surface area contributed by atoms with Gasteiger partial charge in [0.05, 0.1) is 24.5 Å². The Kier molecular flexibility index (Phi) is 5.69. The molecule has 1 heterocycles. The lowest BCUT2D eigenvalue weighted by molar-refractivity contribution is 0.134. The van der Waals surface area contributed by atoms with Crippen LogP contribution < -0.4 is 5.32 Å². The Labute approximate surface area is 125 Å². The van der Waals surface area contributed by atoms with Crippen LogP contribution in [-0.2, 0) is 11.3 Å². The molecule has 0 bridgehead atoms. The summed E-state index contributed by atoms with van der Waals surface area (Å²) >= 11 is 0. The van der Waals surface area contributed by atoms with E-state index in [1.807, 2.05) is 31.2 Å². The minimum atomic E-state index is -0.314. The Morgan fingerprint density at radius 1 is 1.19 bits per heavy atom. The molecule has 0 spiro atoms. The predicted molar refractivity (Wildman–Crippen MR) is 82.6 cm³/mol. The van der Waals surface area contributed by atoms with Crippen LogP contribution in [0.4, 0.5) is 10.1 Å². The van der Waals surface area contributed by atoms with Crippen LogP contribution in [0, 0.1) is 5.82 Å². The van der Waals surface area contributed by atoms with Crippen LogP contribution in [-0.4, -0.2) is 11.6 Å². The van der Waals surface area contributed by atoms with Gasteiger partial charge >= 0.3 is 0 Å². The smallest absolute Gasteiger partial charge is 0.141 e. The second kappa shape index (κ2) is 7.74. The van der Waals surface area contributed by atoms with Crippen molar-refractivity contribution in [2.45, 2.75) is 32.9 Å². The number of aromatic nitrogens is 1. The molecule has 1 unspecified atom stereocenters. The Hall–Kier alpha value is -1.94. The van der Waals surface area contributed by atoms with E-state index in [1.165, 1.54) is 12.3 Å². The zero-order chi connectivity index (χ0) is 15.1. The van der Waals surface area contributed by atoms with Crippen molar-refractivity contribution >= 4 is 5.69 Å². The van der Waals surface area contributed by atoms with Gasteiger partial charge in [0.15, 0.2) is 0 Å². The summed E-state index contributed by atoms with van der Waals surface area (Å²) in [7, 11) is 0. The van der Waals surface area contributed by atoms with Crippen molar-refractivity contribution < 1.29 is 9.13 Å². The molecule has 112 valence electrons. The monoisotopic (exact) mass is 288 g/mol. The molecule has 2 rings (SSSR count). The van der Waals surface area contributed by atoms with Crippen molar-refractivity contribution in [1.82, 2.24) is 4.98 Å². The summed E-state index contributed by atoms with van der Waals surface area (Å²) in [6.45, 7) is 5.32. The summed E-state index contributed by atoms with van der Waals surface area (Å²) < 4.78 is 18.5. The maximum absolute atomic E-state index is 13.0. The second-order valence-electron chi connectivity index (χ2n) is 4.80. The van der Waals surface area contributed by atoms with Gasteiger partial charge in [-0.3, -0.25) is 4.98 Å². The molecule has 1 aromatic heterocycles. The van der Waals surface area contributed by atoms with Crippen molar-refractivity contribution in [2.75, 3.05) is 11.9 Å². The molecule has 3 nitrogen and oxygen atoms in total. The van der Waals surface area contributed by atoms with Gasteiger partial charge in [0.1, 0.15) is 5.82 Å². The fourth-order valence-corrected chi connectivity index (χ4v) is 2.17. The highest BCUT2D eigenvalue weighted by Gasteiger charge is 2.12. The Bertz CT molecular complexity index is 557. The van der Waals surface area contributed by atoms with Crippen LogP contribution in [0.1, 0.15) is 37.6 Å². The lowest BCUT2D eigenvalue weighted by atomic mass is 10.1. The van der Waals surface area contributed by atoms with Crippen molar-refractivity contribution in [3.63, 3.8) is 0 Å². The van der Waals surface area contributed by atoms with E-state index >= 15 is 0 Å². The average molecular weight is 288 g/mol. The van der Waals surface area contributed by atoms with Gasteiger partial charge in [-0.05, 0) is 31.5 Å². The van der Waals surface area contributed by atoms with Crippen LogP contribution in [0.2, 0.25) is 0 Å².